The van der Waals surface area contributed by atoms with Crippen molar-refractivity contribution < 1.29 is 14.2 Å². The van der Waals surface area contributed by atoms with Crippen LogP contribution in [0.4, 0.5) is 11.5 Å². The minimum absolute atomic E-state index is 0.0466. The second-order valence-electron chi connectivity index (χ2n) is 6.43. The van der Waals surface area contributed by atoms with E-state index < -0.39 is 5.79 Å². The van der Waals surface area contributed by atoms with E-state index in [4.69, 9.17) is 26.5 Å². The van der Waals surface area contributed by atoms with Gasteiger partial charge < -0.3 is 19.9 Å². The summed E-state index contributed by atoms with van der Waals surface area (Å²) in [4.78, 5) is 7.40. The van der Waals surface area contributed by atoms with Crippen LogP contribution in [0.2, 0.25) is 0 Å². The first-order chi connectivity index (χ1) is 12.8. The van der Waals surface area contributed by atoms with E-state index in [0.717, 1.165) is 0 Å². The van der Waals surface area contributed by atoms with Crippen LogP contribution in [0.1, 0.15) is 19.4 Å². The molecule has 1 aromatic carbocycles. The van der Waals surface area contributed by atoms with Crippen LogP contribution < -0.4 is 10.5 Å². The molecule has 2 N–H and O–H groups in total. The van der Waals surface area contributed by atoms with Crippen molar-refractivity contribution >= 4 is 24.1 Å². The summed E-state index contributed by atoms with van der Waals surface area (Å²) in [6, 6.07) is 9.11. The molecule has 0 bridgehead atoms. The Morgan fingerprint density at radius 1 is 1.44 bits per heavy atom. The first-order valence-electron chi connectivity index (χ1n) is 8.19. The number of aromatic nitrogens is 1. The average molecular weight is 382 g/mol. The zero-order valence-electron chi connectivity index (χ0n) is 14.9. The number of hydrogen-bond donors (Lipinski definition) is 2. The minimum Gasteiger partial charge on any atom is -0.491 e. The van der Waals surface area contributed by atoms with Crippen molar-refractivity contribution in [2.24, 2.45) is 0 Å². The van der Waals surface area contributed by atoms with Crippen molar-refractivity contribution in [1.29, 1.82) is 5.26 Å². The van der Waals surface area contributed by atoms with Crippen LogP contribution >= 0.6 is 12.6 Å². The maximum atomic E-state index is 9.44. The summed E-state index contributed by atoms with van der Waals surface area (Å²) >= 11 is 4.20. The molecule has 27 heavy (non-hydrogen) atoms. The molecule has 2 aromatic rings. The largest absolute Gasteiger partial charge is 0.491 e. The van der Waals surface area contributed by atoms with Crippen LogP contribution in [0.15, 0.2) is 29.3 Å². The number of nitrogen functional groups attached to an aromatic ring is 1. The van der Waals surface area contributed by atoms with Gasteiger partial charge in [-0.2, -0.15) is 5.26 Å². The molecule has 1 aliphatic rings. The van der Waals surface area contributed by atoms with E-state index in [0.29, 0.717) is 30.1 Å². The molecule has 2 heterocycles. The number of nitrogens with zero attached hydrogens (tertiary/aromatic N) is 3. The van der Waals surface area contributed by atoms with Gasteiger partial charge in [-0.25, -0.2) is 9.83 Å². The maximum Gasteiger partial charge on any atom is 0.236 e. The van der Waals surface area contributed by atoms with Crippen molar-refractivity contribution in [3.8, 4) is 22.9 Å². The number of benzene rings is 1. The lowest BCUT2D eigenvalue weighted by Gasteiger charge is -2.17. The fraction of sp³-hybridized carbons (Fsp3) is 0.316. The highest BCUT2D eigenvalue weighted by atomic mass is 32.1. The third-order valence-corrected chi connectivity index (χ3v) is 4.37. The predicted octanol–water partition coefficient (Wildman–Crippen LogP) is 3.57. The van der Waals surface area contributed by atoms with Crippen LogP contribution in [0.5, 0.6) is 5.75 Å². The quantitative estimate of drug-likeness (QED) is 0.620. The Morgan fingerprint density at radius 2 is 2.15 bits per heavy atom. The zero-order chi connectivity index (χ0) is 19.6. The van der Waals surface area contributed by atoms with Gasteiger partial charge in [0.05, 0.1) is 18.7 Å². The molecule has 0 aliphatic carbocycles. The average Bonchev–Trinajstić information content (AvgIpc) is 2.99. The summed E-state index contributed by atoms with van der Waals surface area (Å²) in [5.74, 6) is 0.0986. The first kappa shape index (κ1) is 19.0. The van der Waals surface area contributed by atoms with E-state index in [9.17, 15) is 5.26 Å². The Bertz CT molecular complexity index is 907. The molecule has 1 saturated heterocycles. The summed E-state index contributed by atoms with van der Waals surface area (Å²) in [6.07, 6.45) is -0.134. The van der Waals surface area contributed by atoms with Crippen molar-refractivity contribution in [3.05, 3.63) is 41.2 Å². The van der Waals surface area contributed by atoms with Gasteiger partial charge in [0.25, 0.3) is 0 Å². The van der Waals surface area contributed by atoms with Crippen LogP contribution in [-0.4, -0.2) is 30.1 Å². The number of ether oxygens (including phenoxy) is 3. The van der Waals surface area contributed by atoms with E-state index in [1.807, 2.05) is 19.9 Å². The number of thiol groups is 1. The van der Waals surface area contributed by atoms with Crippen LogP contribution in [0.3, 0.4) is 0 Å². The third kappa shape index (κ3) is 3.99. The van der Waals surface area contributed by atoms with E-state index in [2.05, 4.69) is 22.5 Å². The fourth-order valence-electron chi connectivity index (χ4n) is 2.83. The Balaban J connectivity index is 1.82. The molecule has 7 nitrogen and oxygen atoms in total. The standard InChI is InChI=1S/C19H18N4O3S/c1-19(2)25-10-13(26-19)9-24-12-6-4-11(5-7-12)15-14(8-20)18(27)23-17(21)16(15)22-3/h4-7,13H,9-10H2,1-2H3,(H3,21,23,27)/t13-/m0/s1. The molecule has 0 unspecified atom stereocenters. The number of nitrogens with two attached hydrogens (primary N) is 1. The molecule has 1 aliphatic heterocycles. The Labute approximate surface area is 162 Å². The molecular formula is C19H18N4O3S. The SMILES string of the molecule is [C-]#[N+]c1c(N)nc(S)c(C#N)c1-c1ccc(OC[C@H]2COC(C)(C)O2)cc1. The number of pyridine rings is 1. The number of hydrogen-bond acceptors (Lipinski definition) is 7. The van der Waals surface area contributed by atoms with Gasteiger partial charge >= 0.3 is 0 Å². The van der Waals surface area contributed by atoms with E-state index in [1.54, 1.807) is 24.3 Å². The molecule has 0 radical (unpaired) electrons. The monoisotopic (exact) mass is 382 g/mol. The summed E-state index contributed by atoms with van der Waals surface area (Å²) in [6.45, 7) is 11.9. The Hall–Kier alpha value is -2.78. The molecule has 138 valence electrons. The molecule has 3 rings (SSSR count). The Morgan fingerprint density at radius 3 is 2.70 bits per heavy atom. The van der Waals surface area contributed by atoms with Crippen molar-refractivity contribution in [3.63, 3.8) is 0 Å². The molecule has 8 heteroatoms. The van der Waals surface area contributed by atoms with Gasteiger partial charge in [-0.3, -0.25) is 0 Å². The number of anilines is 1. The van der Waals surface area contributed by atoms with Crippen molar-refractivity contribution in [1.82, 2.24) is 4.98 Å². The summed E-state index contributed by atoms with van der Waals surface area (Å²) in [5, 5.41) is 9.63. The van der Waals surface area contributed by atoms with Gasteiger partial charge in [0.15, 0.2) is 5.79 Å². The Kier molecular flexibility index (Phi) is 5.24. The predicted molar refractivity (Wildman–Crippen MR) is 103 cm³/mol. The van der Waals surface area contributed by atoms with Crippen LogP contribution in [-0.2, 0) is 9.47 Å². The lowest BCUT2D eigenvalue weighted by Crippen LogP contribution is -2.25. The molecule has 1 fully saturated rings. The normalized spacial score (nSPS) is 17.9. The summed E-state index contributed by atoms with van der Waals surface area (Å²) in [5.41, 5.74) is 7.26. The van der Waals surface area contributed by atoms with Gasteiger partial charge in [0, 0.05) is 5.56 Å². The van der Waals surface area contributed by atoms with Gasteiger partial charge in [-0.05, 0) is 31.5 Å². The van der Waals surface area contributed by atoms with E-state index in [1.165, 1.54) is 0 Å². The molecule has 1 aromatic heterocycles. The second kappa shape index (κ2) is 7.45. The third-order valence-electron chi connectivity index (χ3n) is 4.05. The second-order valence-corrected chi connectivity index (χ2v) is 6.85. The zero-order valence-corrected chi connectivity index (χ0v) is 15.8. The maximum absolute atomic E-state index is 9.44. The first-order valence-corrected chi connectivity index (χ1v) is 8.64. The summed E-state index contributed by atoms with van der Waals surface area (Å²) in [7, 11) is 0. The molecular weight excluding hydrogens is 364 g/mol. The lowest BCUT2D eigenvalue weighted by molar-refractivity contribution is -0.141. The number of rotatable bonds is 4. The van der Waals surface area contributed by atoms with Gasteiger partial charge in [-0.15, -0.1) is 12.6 Å². The van der Waals surface area contributed by atoms with Gasteiger partial charge in [0.1, 0.15) is 35.4 Å². The number of nitriles is 1. The van der Waals surface area contributed by atoms with E-state index in [-0.39, 0.29) is 28.2 Å². The van der Waals surface area contributed by atoms with Crippen LogP contribution in [0.25, 0.3) is 16.0 Å². The molecule has 0 saturated carbocycles. The van der Waals surface area contributed by atoms with E-state index >= 15 is 0 Å². The van der Waals surface area contributed by atoms with Crippen molar-refractivity contribution in [2.45, 2.75) is 30.8 Å². The smallest absolute Gasteiger partial charge is 0.236 e. The fourth-order valence-corrected chi connectivity index (χ4v) is 3.10. The summed E-state index contributed by atoms with van der Waals surface area (Å²) < 4.78 is 17.0. The lowest BCUT2D eigenvalue weighted by atomic mass is 10.00. The topological polar surface area (TPSA) is 94.8 Å². The molecule has 0 spiro atoms. The highest BCUT2D eigenvalue weighted by Crippen LogP contribution is 2.39. The van der Waals surface area contributed by atoms with Crippen molar-refractivity contribution in [2.75, 3.05) is 18.9 Å². The molecule has 1 atom stereocenters. The van der Waals surface area contributed by atoms with Gasteiger partial charge in [0.2, 0.25) is 5.69 Å². The molecule has 0 amide bonds. The minimum atomic E-state index is -0.590. The van der Waals surface area contributed by atoms with Crippen LogP contribution in [0, 0.1) is 17.9 Å². The highest BCUT2D eigenvalue weighted by molar-refractivity contribution is 7.80. The highest BCUT2D eigenvalue weighted by Gasteiger charge is 2.33. The van der Waals surface area contributed by atoms with Gasteiger partial charge in [-0.1, -0.05) is 12.1 Å².